The van der Waals surface area contributed by atoms with Gasteiger partial charge in [-0.15, -0.1) is 0 Å². The Bertz CT molecular complexity index is 980. The SMILES string of the molecule is CCC(C)CCCCCCCCCCCCCCCCCCCCC(=O)O[C@@H](COC(=O)CCCCCCCCCCCCC(C)CC)COC(=O)CCCCCCCCC(C)C. The number of esters is 3. The highest BCUT2D eigenvalue weighted by Gasteiger charge is 2.19. The van der Waals surface area contributed by atoms with Crippen molar-refractivity contribution >= 4 is 17.9 Å². The first-order valence-electron chi connectivity index (χ1n) is 28.2. The summed E-state index contributed by atoms with van der Waals surface area (Å²) < 4.78 is 16.8. The Hall–Kier alpha value is -1.59. The summed E-state index contributed by atoms with van der Waals surface area (Å²) in [5.74, 6) is 1.69. The number of carbonyl (C=O) groups is 3. The first-order valence-corrected chi connectivity index (χ1v) is 28.2. The Labute approximate surface area is 393 Å². The van der Waals surface area contributed by atoms with Crippen LogP contribution in [-0.2, 0) is 28.6 Å². The van der Waals surface area contributed by atoms with Crippen molar-refractivity contribution in [2.75, 3.05) is 13.2 Å². The molecule has 0 heterocycles. The summed E-state index contributed by atoms with van der Waals surface area (Å²) in [6.07, 6.45) is 49.6. The Balaban J connectivity index is 4.20. The number of rotatable bonds is 50. The van der Waals surface area contributed by atoms with Crippen LogP contribution in [-0.4, -0.2) is 37.2 Å². The summed E-state index contributed by atoms with van der Waals surface area (Å²) in [7, 11) is 0. The van der Waals surface area contributed by atoms with Crippen LogP contribution in [0, 0.1) is 17.8 Å². The minimum Gasteiger partial charge on any atom is -0.462 e. The molecule has 3 atom stereocenters. The first kappa shape index (κ1) is 61.4. The largest absolute Gasteiger partial charge is 0.462 e. The Morgan fingerprint density at radius 3 is 0.825 bits per heavy atom. The summed E-state index contributed by atoms with van der Waals surface area (Å²) in [6, 6.07) is 0. The molecule has 0 radical (unpaired) electrons. The molecule has 0 spiro atoms. The molecule has 0 aliphatic rings. The van der Waals surface area contributed by atoms with Crippen LogP contribution in [0.2, 0.25) is 0 Å². The third-order valence-electron chi connectivity index (χ3n) is 13.6. The van der Waals surface area contributed by atoms with Crippen LogP contribution >= 0.6 is 0 Å². The van der Waals surface area contributed by atoms with E-state index in [1.165, 1.54) is 193 Å². The van der Waals surface area contributed by atoms with E-state index < -0.39 is 6.10 Å². The van der Waals surface area contributed by atoms with Crippen molar-refractivity contribution in [3.8, 4) is 0 Å². The molecule has 0 aromatic rings. The van der Waals surface area contributed by atoms with Crippen molar-refractivity contribution in [3.05, 3.63) is 0 Å². The van der Waals surface area contributed by atoms with Gasteiger partial charge in [0.05, 0.1) is 0 Å². The van der Waals surface area contributed by atoms with Gasteiger partial charge in [0.15, 0.2) is 6.10 Å². The molecule has 0 aliphatic heterocycles. The molecule has 0 amide bonds. The fourth-order valence-electron chi connectivity index (χ4n) is 8.58. The second-order valence-corrected chi connectivity index (χ2v) is 20.5. The average Bonchev–Trinajstić information content (AvgIpc) is 3.27. The minimum absolute atomic E-state index is 0.0651. The van der Waals surface area contributed by atoms with Crippen LogP contribution in [0.5, 0.6) is 0 Å². The van der Waals surface area contributed by atoms with Gasteiger partial charge in [-0.3, -0.25) is 14.4 Å². The molecule has 2 unspecified atom stereocenters. The third-order valence-corrected chi connectivity index (χ3v) is 13.6. The van der Waals surface area contributed by atoms with Gasteiger partial charge in [-0.2, -0.15) is 0 Å². The number of unbranched alkanes of at least 4 members (excludes halogenated alkanes) is 31. The van der Waals surface area contributed by atoms with Crippen LogP contribution in [0.1, 0.15) is 311 Å². The van der Waals surface area contributed by atoms with E-state index in [1.807, 2.05) is 0 Å². The predicted molar refractivity (Wildman–Crippen MR) is 270 cm³/mol. The molecule has 374 valence electrons. The lowest BCUT2D eigenvalue weighted by atomic mass is 9.99. The van der Waals surface area contributed by atoms with E-state index in [0.717, 1.165) is 75.5 Å². The van der Waals surface area contributed by atoms with Crippen LogP contribution in [0.15, 0.2) is 0 Å². The molecule has 0 saturated heterocycles. The van der Waals surface area contributed by atoms with Gasteiger partial charge in [-0.05, 0) is 37.0 Å². The molecule has 0 fully saturated rings. The highest BCUT2D eigenvalue weighted by molar-refractivity contribution is 5.71. The van der Waals surface area contributed by atoms with Crippen LogP contribution < -0.4 is 0 Å². The van der Waals surface area contributed by atoms with E-state index in [-0.39, 0.29) is 31.1 Å². The molecule has 63 heavy (non-hydrogen) atoms. The molecular weight excluding hydrogens is 781 g/mol. The smallest absolute Gasteiger partial charge is 0.306 e. The molecule has 6 nitrogen and oxygen atoms in total. The maximum atomic E-state index is 12.8. The molecule has 6 heteroatoms. The molecule has 0 saturated carbocycles. The van der Waals surface area contributed by atoms with Crippen LogP contribution in [0.3, 0.4) is 0 Å². The van der Waals surface area contributed by atoms with Gasteiger partial charge >= 0.3 is 17.9 Å². The average molecular weight is 892 g/mol. The number of carbonyl (C=O) groups excluding carboxylic acids is 3. The lowest BCUT2D eigenvalue weighted by Gasteiger charge is -2.18. The zero-order valence-corrected chi connectivity index (χ0v) is 43.4. The Morgan fingerprint density at radius 1 is 0.317 bits per heavy atom. The van der Waals surface area contributed by atoms with Gasteiger partial charge in [0.1, 0.15) is 13.2 Å². The molecule has 0 rings (SSSR count). The van der Waals surface area contributed by atoms with Crippen molar-refractivity contribution < 1.29 is 28.6 Å². The van der Waals surface area contributed by atoms with Gasteiger partial charge < -0.3 is 14.2 Å². The number of ether oxygens (including phenoxy) is 3. The zero-order valence-electron chi connectivity index (χ0n) is 43.4. The second-order valence-electron chi connectivity index (χ2n) is 20.5. The van der Waals surface area contributed by atoms with Crippen molar-refractivity contribution in [1.29, 1.82) is 0 Å². The molecule has 0 aromatic heterocycles. The fraction of sp³-hybridized carbons (Fsp3) is 0.947. The van der Waals surface area contributed by atoms with Crippen LogP contribution in [0.4, 0.5) is 0 Å². The maximum absolute atomic E-state index is 12.8. The van der Waals surface area contributed by atoms with Gasteiger partial charge in [-0.1, -0.05) is 273 Å². The van der Waals surface area contributed by atoms with E-state index in [9.17, 15) is 14.4 Å². The lowest BCUT2D eigenvalue weighted by Crippen LogP contribution is -2.30. The molecule has 0 aliphatic carbocycles. The topological polar surface area (TPSA) is 78.9 Å². The molecule has 0 aromatic carbocycles. The van der Waals surface area contributed by atoms with E-state index in [4.69, 9.17) is 14.2 Å². The van der Waals surface area contributed by atoms with E-state index in [2.05, 4.69) is 41.5 Å². The number of hydrogen-bond acceptors (Lipinski definition) is 6. The highest BCUT2D eigenvalue weighted by atomic mass is 16.6. The van der Waals surface area contributed by atoms with E-state index in [0.29, 0.717) is 19.3 Å². The highest BCUT2D eigenvalue weighted by Crippen LogP contribution is 2.19. The Morgan fingerprint density at radius 2 is 0.556 bits per heavy atom. The first-order chi connectivity index (χ1) is 30.7. The van der Waals surface area contributed by atoms with Gasteiger partial charge in [0, 0.05) is 19.3 Å². The van der Waals surface area contributed by atoms with Gasteiger partial charge in [0.25, 0.3) is 0 Å². The quantitative estimate of drug-likeness (QED) is 0.0344. The molecular formula is C57H110O6. The zero-order chi connectivity index (χ0) is 46.3. The lowest BCUT2D eigenvalue weighted by molar-refractivity contribution is -0.167. The van der Waals surface area contributed by atoms with Crippen molar-refractivity contribution in [2.45, 2.75) is 317 Å². The maximum Gasteiger partial charge on any atom is 0.306 e. The van der Waals surface area contributed by atoms with Crippen molar-refractivity contribution in [1.82, 2.24) is 0 Å². The summed E-state index contributed by atoms with van der Waals surface area (Å²) in [6.45, 7) is 13.7. The summed E-state index contributed by atoms with van der Waals surface area (Å²) >= 11 is 0. The van der Waals surface area contributed by atoms with Crippen molar-refractivity contribution in [2.24, 2.45) is 17.8 Å². The summed E-state index contributed by atoms with van der Waals surface area (Å²) in [5.41, 5.74) is 0. The minimum atomic E-state index is -0.763. The van der Waals surface area contributed by atoms with Crippen molar-refractivity contribution in [3.63, 3.8) is 0 Å². The normalized spacial score (nSPS) is 13.0. The van der Waals surface area contributed by atoms with Crippen LogP contribution in [0.25, 0.3) is 0 Å². The summed E-state index contributed by atoms with van der Waals surface area (Å²) in [5, 5.41) is 0. The fourth-order valence-corrected chi connectivity index (χ4v) is 8.58. The predicted octanol–water partition coefficient (Wildman–Crippen LogP) is 18.3. The summed E-state index contributed by atoms with van der Waals surface area (Å²) in [4.78, 5) is 38.0. The molecule has 0 N–H and O–H groups in total. The third kappa shape index (κ3) is 48.2. The van der Waals surface area contributed by atoms with E-state index >= 15 is 0 Å². The molecule has 0 bridgehead atoms. The monoisotopic (exact) mass is 891 g/mol. The van der Waals surface area contributed by atoms with Gasteiger partial charge in [0.2, 0.25) is 0 Å². The Kier molecular flexibility index (Phi) is 47.1. The number of hydrogen-bond donors (Lipinski definition) is 0. The standard InChI is InChI=1S/C57H110O6/c1-7-52(5)44-38-32-25-21-17-15-13-11-9-10-12-14-16-18-24-28-36-42-48-57(60)63-54(50-62-56(59)47-41-35-30-29-31-37-43-51(3)4)49-61-55(58)46-40-34-27-23-20-19-22-26-33-39-45-53(6)8-2/h51-54H,7-50H2,1-6H3/t52?,53?,54-/m0/s1. The van der Waals surface area contributed by atoms with Gasteiger partial charge in [-0.25, -0.2) is 0 Å². The second kappa shape index (κ2) is 48.3. The van der Waals surface area contributed by atoms with E-state index in [1.54, 1.807) is 0 Å².